The van der Waals surface area contributed by atoms with Gasteiger partial charge in [-0.1, -0.05) is 17.5 Å². The van der Waals surface area contributed by atoms with Crippen LogP contribution in [0.15, 0.2) is 77.9 Å². The number of hydrogen-bond acceptors (Lipinski definition) is 6. The summed E-state index contributed by atoms with van der Waals surface area (Å²) >= 11 is 0. The quantitative estimate of drug-likeness (QED) is 0.404. The molecule has 0 unspecified atom stereocenters. The van der Waals surface area contributed by atoms with E-state index in [-0.39, 0.29) is 24.6 Å². The van der Waals surface area contributed by atoms with Gasteiger partial charge in [0.05, 0.1) is 25.2 Å². The third-order valence-corrected chi connectivity index (χ3v) is 4.13. The van der Waals surface area contributed by atoms with Crippen molar-refractivity contribution in [3.8, 4) is 17.6 Å². The number of benzene rings is 1. The van der Waals surface area contributed by atoms with Gasteiger partial charge in [-0.25, -0.2) is 4.98 Å². The maximum atomic E-state index is 12.9. The number of anilines is 1. The molecular weight excluding hydrogens is 382 g/mol. The summed E-state index contributed by atoms with van der Waals surface area (Å²) in [6.07, 6.45) is 6.20. The number of pyridine rings is 1. The van der Waals surface area contributed by atoms with Crippen LogP contribution in [0.1, 0.15) is 12.0 Å². The van der Waals surface area contributed by atoms with Crippen LogP contribution >= 0.6 is 0 Å². The van der Waals surface area contributed by atoms with E-state index in [0.717, 1.165) is 0 Å². The number of ether oxygens (including phenoxy) is 2. The first-order valence-electron chi connectivity index (χ1n) is 9.02. The van der Waals surface area contributed by atoms with Gasteiger partial charge in [0.1, 0.15) is 5.82 Å². The SMILES string of the molecule is COc1ccc(C#N)cc1OC(=O)CCN(C(=O)C1=CC=C=C=C1)c1ccccn1. The summed E-state index contributed by atoms with van der Waals surface area (Å²) in [6.45, 7) is 0.0492. The van der Waals surface area contributed by atoms with Crippen molar-refractivity contribution in [3.63, 3.8) is 0 Å². The Hall–Kier alpha value is -4.36. The molecule has 1 heterocycles. The predicted molar refractivity (Wildman–Crippen MR) is 109 cm³/mol. The van der Waals surface area contributed by atoms with Crippen LogP contribution in [-0.4, -0.2) is 30.5 Å². The normalized spacial score (nSPS) is 11.4. The number of rotatable bonds is 7. The molecule has 1 aromatic heterocycles. The van der Waals surface area contributed by atoms with Crippen LogP contribution in [0.5, 0.6) is 11.5 Å². The molecule has 0 radical (unpaired) electrons. The summed E-state index contributed by atoms with van der Waals surface area (Å²) in [5, 5.41) is 9.04. The van der Waals surface area contributed by atoms with E-state index in [1.54, 1.807) is 48.7 Å². The first kappa shape index (κ1) is 20.4. The molecule has 0 spiro atoms. The van der Waals surface area contributed by atoms with E-state index in [4.69, 9.17) is 14.7 Å². The zero-order chi connectivity index (χ0) is 21.3. The molecule has 1 aliphatic carbocycles. The summed E-state index contributed by atoms with van der Waals surface area (Å²) in [5.41, 5.74) is 6.22. The highest BCUT2D eigenvalue weighted by atomic mass is 16.6. The van der Waals surface area contributed by atoms with E-state index in [1.165, 1.54) is 24.2 Å². The Kier molecular flexibility index (Phi) is 6.60. The Balaban J connectivity index is 1.75. The van der Waals surface area contributed by atoms with Gasteiger partial charge in [-0.3, -0.25) is 14.5 Å². The summed E-state index contributed by atoms with van der Waals surface area (Å²) in [7, 11) is 1.44. The lowest BCUT2D eigenvalue weighted by atomic mass is 10.1. The monoisotopic (exact) mass is 399 g/mol. The van der Waals surface area contributed by atoms with Gasteiger partial charge in [-0.2, -0.15) is 5.26 Å². The van der Waals surface area contributed by atoms with Crippen LogP contribution in [0.4, 0.5) is 5.82 Å². The summed E-state index contributed by atoms with van der Waals surface area (Å²) in [5.74, 6) is -0.0189. The first-order valence-corrected chi connectivity index (χ1v) is 9.02. The van der Waals surface area contributed by atoms with Crippen LogP contribution < -0.4 is 14.4 Å². The highest BCUT2D eigenvalue weighted by Crippen LogP contribution is 2.28. The fourth-order valence-corrected chi connectivity index (χ4v) is 2.67. The van der Waals surface area contributed by atoms with Crippen LogP contribution in [0.2, 0.25) is 0 Å². The van der Waals surface area contributed by atoms with Crippen molar-refractivity contribution in [1.82, 2.24) is 4.98 Å². The van der Waals surface area contributed by atoms with E-state index in [1.807, 2.05) is 6.07 Å². The minimum absolute atomic E-state index is 0.0492. The van der Waals surface area contributed by atoms with Crippen molar-refractivity contribution >= 4 is 17.7 Å². The highest BCUT2D eigenvalue weighted by Gasteiger charge is 2.21. The molecule has 1 aliphatic rings. The van der Waals surface area contributed by atoms with E-state index in [2.05, 4.69) is 16.4 Å². The predicted octanol–water partition coefficient (Wildman–Crippen LogP) is 3.10. The number of nitriles is 1. The second kappa shape index (κ2) is 9.72. The number of esters is 1. The lowest BCUT2D eigenvalue weighted by Gasteiger charge is -2.22. The molecule has 7 nitrogen and oxygen atoms in total. The van der Waals surface area contributed by atoms with E-state index >= 15 is 0 Å². The summed E-state index contributed by atoms with van der Waals surface area (Å²) in [6, 6.07) is 11.7. The minimum Gasteiger partial charge on any atom is -0.493 e. The molecule has 0 fully saturated rings. The molecule has 1 aromatic carbocycles. The molecule has 2 aromatic rings. The number of aromatic nitrogens is 1. The van der Waals surface area contributed by atoms with Crippen LogP contribution in [0, 0.1) is 11.3 Å². The van der Waals surface area contributed by atoms with Gasteiger partial charge in [0.2, 0.25) is 0 Å². The Bertz CT molecular complexity index is 1130. The van der Waals surface area contributed by atoms with Crippen LogP contribution in [-0.2, 0) is 9.59 Å². The van der Waals surface area contributed by atoms with Crippen molar-refractivity contribution in [3.05, 3.63) is 83.4 Å². The Labute approximate surface area is 173 Å². The second-order valence-electron chi connectivity index (χ2n) is 6.07. The van der Waals surface area contributed by atoms with Gasteiger partial charge >= 0.3 is 5.97 Å². The van der Waals surface area contributed by atoms with Gasteiger partial charge in [0, 0.05) is 30.5 Å². The van der Waals surface area contributed by atoms with E-state index in [0.29, 0.717) is 22.7 Å². The molecule has 0 bridgehead atoms. The number of hydrogen-bond donors (Lipinski definition) is 0. The lowest BCUT2D eigenvalue weighted by molar-refractivity contribution is -0.134. The molecular formula is C23H17N3O4. The zero-order valence-corrected chi connectivity index (χ0v) is 16.2. The van der Waals surface area contributed by atoms with Gasteiger partial charge in [0.15, 0.2) is 11.5 Å². The number of carbonyl (C=O) groups excluding carboxylic acids is 2. The number of methoxy groups -OCH3 is 1. The standard InChI is InChI=1S/C23H17N3O4/c1-29-19-11-10-17(16-24)15-20(19)30-22(27)12-14-26(21-9-5-6-13-25-21)23(28)18-7-3-2-4-8-18/h3,5-11,13,15H,12,14H2,1H3. The average molecular weight is 399 g/mol. The van der Waals surface area contributed by atoms with Gasteiger partial charge in [-0.05, 0) is 36.4 Å². The molecule has 3 rings (SSSR count). The molecule has 0 saturated heterocycles. The van der Waals surface area contributed by atoms with Crippen molar-refractivity contribution < 1.29 is 19.1 Å². The summed E-state index contributed by atoms with van der Waals surface area (Å²) < 4.78 is 10.5. The Morgan fingerprint density at radius 2 is 2.07 bits per heavy atom. The number of nitrogens with zero attached hydrogens (tertiary/aromatic N) is 3. The molecule has 30 heavy (non-hydrogen) atoms. The molecule has 0 saturated carbocycles. The zero-order valence-electron chi connectivity index (χ0n) is 16.2. The van der Waals surface area contributed by atoms with Crippen molar-refractivity contribution in [1.29, 1.82) is 5.26 Å². The molecule has 148 valence electrons. The maximum Gasteiger partial charge on any atom is 0.313 e. The highest BCUT2D eigenvalue weighted by molar-refractivity contribution is 6.07. The minimum atomic E-state index is -0.579. The smallest absolute Gasteiger partial charge is 0.313 e. The van der Waals surface area contributed by atoms with Gasteiger partial charge < -0.3 is 9.47 Å². The topological polar surface area (TPSA) is 92.5 Å². The molecule has 0 atom stereocenters. The molecule has 1 amide bonds. The number of amides is 1. The van der Waals surface area contributed by atoms with Gasteiger partial charge in [-0.15, -0.1) is 0 Å². The lowest BCUT2D eigenvalue weighted by Crippen LogP contribution is -2.35. The largest absolute Gasteiger partial charge is 0.493 e. The third-order valence-electron chi connectivity index (χ3n) is 4.13. The number of allylic oxidation sites excluding steroid dienone is 2. The fourth-order valence-electron chi connectivity index (χ4n) is 2.67. The second-order valence-corrected chi connectivity index (χ2v) is 6.07. The first-order chi connectivity index (χ1) is 14.6. The van der Waals surface area contributed by atoms with E-state index in [9.17, 15) is 9.59 Å². The third kappa shape index (κ3) is 4.92. The maximum absolute atomic E-state index is 12.9. The fraction of sp³-hybridized carbons (Fsp3) is 0.130. The Morgan fingerprint density at radius 1 is 1.20 bits per heavy atom. The molecule has 0 aliphatic heterocycles. The van der Waals surface area contributed by atoms with Crippen molar-refractivity contribution in [2.75, 3.05) is 18.6 Å². The Morgan fingerprint density at radius 3 is 2.73 bits per heavy atom. The van der Waals surface area contributed by atoms with Crippen molar-refractivity contribution in [2.45, 2.75) is 6.42 Å². The average Bonchev–Trinajstić information content (AvgIpc) is 2.80. The van der Waals surface area contributed by atoms with E-state index < -0.39 is 5.97 Å². The van der Waals surface area contributed by atoms with Crippen molar-refractivity contribution in [2.24, 2.45) is 0 Å². The molecule has 0 N–H and O–H groups in total. The van der Waals surface area contributed by atoms with Crippen LogP contribution in [0.25, 0.3) is 0 Å². The van der Waals surface area contributed by atoms with Crippen LogP contribution in [0.3, 0.4) is 0 Å². The summed E-state index contributed by atoms with van der Waals surface area (Å²) in [4.78, 5) is 31.0. The molecule has 7 heteroatoms. The van der Waals surface area contributed by atoms with Gasteiger partial charge in [0.25, 0.3) is 5.91 Å². The number of carbonyl (C=O) groups is 2.